The first kappa shape index (κ1) is 13.6. The van der Waals surface area contributed by atoms with Crippen LogP contribution in [-0.4, -0.2) is 23.0 Å². The number of benzene rings is 1. The lowest BCUT2D eigenvalue weighted by Crippen LogP contribution is -2.04. The number of hydrogen-bond acceptors (Lipinski definition) is 3. The van der Waals surface area contributed by atoms with Crippen LogP contribution in [0, 0.1) is 6.92 Å². The van der Waals surface area contributed by atoms with Crippen LogP contribution in [0.15, 0.2) is 42.6 Å². The second kappa shape index (κ2) is 5.58. The quantitative estimate of drug-likeness (QED) is 0.800. The highest BCUT2D eigenvalue weighted by Crippen LogP contribution is 2.27. The number of ether oxygens (including phenoxy) is 1. The van der Waals surface area contributed by atoms with Gasteiger partial charge in [-0.3, -0.25) is 4.40 Å². The summed E-state index contributed by atoms with van der Waals surface area (Å²) in [7, 11) is 1.67. The first-order valence-electron chi connectivity index (χ1n) is 7.05. The maximum absolute atomic E-state index is 5.74. The summed E-state index contributed by atoms with van der Waals surface area (Å²) < 4.78 is 7.35. The molecular weight excluding hydrogens is 262 g/mol. The molecule has 0 aliphatic rings. The number of nitrogens with zero attached hydrogens (tertiary/aromatic N) is 2. The molecule has 0 amide bonds. The van der Waals surface area contributed by atoms with E-state index >= 15 is 0 Å². The van der Waals surface area contributed by atoms with Gasteiger partial charge in [0.25, 0.3) is 0 Å². The van der Waals surface area contributed by atoms with Crippen molar-refractivity contribution in [2.24, 2.45) is 5.73 Å². The molecule has 0 radical (unpaired) electrons. The standard InChI is InChI=1S/C17H19N3O/c1-12-8-10-20-16(11-12)19-15(7-9-18)17(20)13-3-5-14(21-2)6-4-13/h3-6,8,10-11H,7,9,18H2,1-2H3. The normalized spacial score (nSPS) is 11.0. The minimum absolute atomic E-state index is 0.589. The van der Waals surface area contributed by atoms with Gasteiger partial charge in [0, 0.05) is 18.2 Å². The number of nitrogens with two attached hydrogens (primary N) is 1. The van der Waals surface area contributed by atoms with E-state index < -0.39 is 0 Å². The molecule has 0 fully saturated rings. The summed E-state index contributed by atoms with van der Waals surface area (Å²) in [5, 5.41) is 0. The van der Waals surface area contributed by atoms with E-state index in [1.807, 2.05) is 12.1 Å². The summed E-state index contributed by atoms with van der Waals surface area (Å²) in [6, 6.07) is 12.2. The van der Waals surface area contributed by atoms with Gasteiger partial charge in [-0.2, -0.15) is 0 Å². The van der Waals surface area contributed by atoms with Crippen molar-refractivity contribution in [2.75, 3.05) is 13.7 Å². The largest absolute Gasteiger partial charge is 0.497 e. The molecule has 108 valence electrons. The number of aryl methyl sites for hydroxylation is 1. The van der Waals surface area contributed by atoms with E-state index in [9.17, 15) is 0 Å². The third-order valence-corrected chi connectivity index (χ3v) is 3.60. The van der Waals surface area contributed by atoms with Gasteiger partial charge in [0.15, 0.2) is 0 Å². The van der Waals surface area contributed by atoms with Crippen molar-refractivity contribution in [3.8, 4) is 17.0 Å². The molecule has 3 rings (SSSR count). The molecule has 1 aromatic carbocycles. The molecule has 0 saturated carbocycles. The number of hydrogen-bond donors (Lipinski definition) is 1. The monoisotopic (exact) mass is 281 g/mol. The van der Waals surface area contributed by atoms with Gasteiger partial charge in [0.05, 0.1) is 18.5 Å². The van der Waals surface area contributed by atoms with Crippen molar-refractivity contribution in [2.45, 2.75) is 13.3 Å². The fourth-order valence-electron chi connectivity index (χ4n) is 2.56. The topological polar surface area (TPSA) is 52.5 Å². The molecule has 0 atom stereocenters. The van der Waals surface area contributed by atoms with Crippen LogP contribution in [0.5, 0.6) is 5.75 Å². The Morgan fingerprint density at radius 1 is 1.19 bits per heavy atom. The zero-order valence-corrected chi connectivity index (χ0v) is 12.3. The number of rotatable bonds is 4. The number of aromatic nitrogens is 2. The van der Waals surface area contributed by atoms with E-state index in [-0.39, 0.29) is 0 Å². The van der Waals surface area contributed by atoms with Crippen LogP contribution in [0.3, 0.4) is 0 Å². The van der Waals surface area contributed by atoms with Gasteiger partial charge in [0.2, 0.25) is 0 Å². The van der Waals surface area contributed by atoms with Crippen LogP contribution in [0.4, 0.5) is 0 Å². The highest BCUT2D eigenvalue weighted by molar-refractivity contribution is 5.68. The Hall–Kier alpha value is -2.33. The maximum Gasteiger partial charge on any atom is 0.137 e. The summed E-state index contributed by atoms with van der Waals surface area (Å²) in [6.07, 6.45) is 2.83. The number of pyridine rings is 1. The Balaban J connectivity index is 2.20. The molecule has 2 N–H and O–H groups in total. The fourth-order valence-corrected chi connectivity index (χ4v) is 2.56. The first-order valence-corrected chi connectivity index (χ1v) is 7.05. The number of imidazole rings is 1. The van der Waals surface area contributed by atoms with Crippen molar-refractivity contribution in [1.29, 1.82) is 0 Å². The van der Waals surface area contributed by atoms with E-state index in [4.69, 9.17) is 15.5 Å². The van der Waals surface area contributed by atoms with Crippen LogP contribution in [-0.2, 0) is 6.42 Å². The van der Waals surface area contributed by atoms with E-state index in [0.29, 0.717) is 6.54 Å². The molecule has 21 heavy (non-hydrogen) atoms. The van der Waals surface area contributed by atoms with Crippen molar-refractivity contribution in [1.82, 2.24) is 9.38 Å². The highest BCUT2D eigenvalue weighted by Gasteiger charge is 2.13. The van der Waals surface area contributed by atoms with Gasteiger partial charge in [0.1, 0.15) is 11.4 Å². The van der Waals surface area contributed by atoms with Crippen LogP contribution in [0.2, 0.25) is 0 Å². The lowest BCUT2D eigenvalue weighted by Gasteiger charge is -2.06. The smallest absolute Gasteiger partial charge is 0.137 e. The van der Waals surface area contributed by atoms with Gasteiger partial charge >= 0.3 is 0 Å². The van der Waals surface area contributed by atoms with Crippen molar-refractivity contribution in [3.63, 3.8) is 0 Å². The Morgan fingerprint density at radius 2 is 1.95 bits per heavy atom. The van der Waals surface area contributed by atoms with Crippen LogP contribution in [0.1, 0.15) is 11.3 Å². The van der Waals surface area contributed by atoms with Gasteiger partial charge in [-0.15, -0.1) is 0 Å². The number of methoxy groups -OCH3 is 1. The van der Waals surface area contributed by atoms with Crippen molar-refractivity contribution >= 4 is 5.65 Å². The molecule has 0 bridgehead atoms. The molecule has 0 spiro atoms. The van der Waals surface area contributed by atoms with Crippen molar-refractivity contribution in [3.05, 3.63) is 53.9 Å². The van der Waals surface area contributed by atoms with E-state index in [1.54, 1.807) is 7.11 Å². The van der Waals surface area contributed by atoms with E-state index in [1.165, 1.54) is 5.56 Å². The molecule has 0 unspecified atom stereocenters. The number of fused-ring (bicyclic) bond motifs is 1. The van der Waals surface area contributed by atoms with E-state index in [2.05, 4.69) is 41.8 Å². The summed E-state index contributed by atoms with van der Waals surface area (Å²) in [5.41, 5.74) is 11.2. The molecule has 0 aliphatic carbocycles. The van der Waals surface area contributed by atoms with Gasteiger partial charge < -0.3 is 10.5 Å². The van der Waals surface area contributed by atoms with Gasteiger partial charge in [-0.05, 0) is 55.4 Å². The predicted molar refractivity (Wildman–Crippen MR) is 84.7 cm³/mol. The van der Waals surface area contributed by atoms with Crippen molar-refractivity contribution < 1.29 is 4.74 Å². The van der Waals surface area contributed by atoms with Gasteiger partial charge in [-0.25, -0.2) is 4.98 Å². The molecule has 2 aromatic heterocycles. The van der Waals surface area contributed by atoms with Gasteiger partial charge in [-0.1, -0.05) is 0 Å². The summed E-state index contributed by atoms with van der Waals surface area (Å²) in [5.74, 6) is 0.851. The highest BCUT2D eigenvalue weighted by atomic mass is 16.5. The van der Waals surface area contributed by atoms with Crippen LogP contribution >= 0.6 is 0 Å². The SMILES string of the molecule is COc1ccc(-c2c(CCN)nc3cc(C)ccn23)cc1. The zero-order chi connectivity index (χ0) is 14.8. The van der Waals surface area contributed by atoms with Crippen LogP contribution < -0.4 is 10.5 Å². The van der Waals surface area contributed by atoms with E-state index in [0.717, 1.165) is 34.8 Å². The second-order valence-corrected chi connectivity index (χ2v) is 5.11. The Morgan fingerprint density at radius 3 is 2.62 bits per heavy atom. The third-order valence-electron chi connectivity index (χ3n) is 3.60. The Labute approximate surface area is 124 Å². The minimum Gasteiger partial charge on any atom is -0.497 e. The van der Waals surface area contributed by atoms with Crippen LogP contribution in [0.25, 0.3) is 16.9 Å². The first-order chi connectivity index (χ1) is 10.2. The lowest BCUT2D eigenvalue weighted by molar-refractivity contribution is 0.415. The predicted octanol–water partition coefficient (Wildman–Crippen LogP) is 2.82. The average molecular weight is 281 g/mol. The molecule has 4 heteroatoms. The Bertz CT molecular complexity index is 760. The summed E-state index contributed by atoms with van der Waals surface area (Å²) >= 11 is 0. The summed E-state index contributed by atoms with van der Waals surface area (Å²) in [4.78, 5) is 4.73. The molecule has 2 heterocycles. The zero-order valence-electron chi connectivity index (χ0n) is 12.3. The third kappa shape index (κ3) is 2.50. The minimum atomic E-state index is 0.589. The lowest BCUT2D eigenvalue weighted by atomic mass is 10.1. The molecule has 0 aliphatic heterocycles. The molecule has 3 aromatic rings. The maximum atomic E-state index is 5.74. The average Bonchev–Trinajstić information content (AvgIpc) is 2.85. The summed E-state index contributed by atoms with van der Waals surface area (Å²) in [6.45, 7) is 2.66. The fraction of sp³-hybridized carbons (Fsp3) is 0.235. The molecular formula is C17H19N3O. The molecule has 0 saturated heterocycles. The second-order valence-electron chi connectivity index (χ2n) is 5.11. The molecule has 4 nitrogen and oxygen atoms in total. The Kier molecular flexibility index (Phi) is 3.62.